The van der Waals surface area contributed by atoms with E-state index in [-0.39, 0.29) is 27.6 Å². The van der Waals surface area contributed by atoms with Crippen LogP contribution in [0, 0.1) is 50.7 Å². The van der Waals surface area contributed by atoms with Crippen LogP contribution in [0.15, 0.2) is 10.7 Å². The lowest BCUT2D eigenvalue weighted by Gasteiger charge is -2.72. The van der Waals surface area contributed by atoms with Crippen molar-refractivity contribution in [2.24, 2.45) is 50.7 Å². The van der Waals surface area contributed by atoms with Crippen LogP contribution in [0.4, 0.5) is 0 Å². The highest BCUT2D eigenvalue weighted by atomic mass is 16.5. The van der Waals surface area contributed by atoms with E-state index in [2.05, 4.69) is 60.5 Å². The van der Waals surface area contributed by atoms with Crippen LogP contribution in [0.25, 0.3) is 0 Å². The molecule has 4 fully saturated rings. The van der Waals surface area contributed by atoms with Crippen molar-refractivity contribution in [3.63, 3.8) is 0 Å². The average Bonchev–Trinajstić information content (AvgIpc) is 3.20. The maximum absolute atomic E-state index is 14.4. The van der Waals surface area contributed by atoms with Crippen molar-refractivity contribution in [1.29, 1.82) is 0 Å². The molecule has 1 aromatic rings. The van der Waals surface area contributed by atoms with E-state index in [1.54, 1.807) is 0 Å². The van der Waals surface area contributed by atoms with Gasteiger partial charge in [-0.15, -0.1) is 0 Å². The Hall–Kier alpha value is -1.12. The fourth-order valence-corrected chi connectivity index (χ4v) is 11.3. The minimum absolute atomic E-state index is 0.0283. The predicted molar refractivity (Wildman–Crippen MR) is 135 cm³/mol. The van der Waals surface area contributed by atoms with Gasteiger partial charge in [0.1, 0.15) is 11.5 Å². The van der Waals surface area contributed by atoms with Gasteiger partial charge in [0, 0.05) is 23.3 Å². The summed E-state index contributed by atoms with van der Waals surface area (Å²) in [6.07, 6.45) is 12.6. The van der Waals surface area contributed by atoms with E-state index in [0.717, 1.165) is 18.6 Å². The Bertz CT molecular complexity index is 1040. The monoisotopic (exact) mass is 465 g/mol. The van der Waals surface area contributed by atoms with Crippen molar-refractivity contribution in [2.45, 2.75) is 119 Å². The van der Waals surface area contributed by atoms with Gasteiger partial charge >= 0.3 is 0 Å². The number of rotatable bonds is 0. The molecule has 0 N–H and O–H groups in total. The number of Topliss-reactive ketones (excluding diaryl/α,β-unsaturated/α-hetero) is 1. The summed E-state index contributed by atoms with van der Waals surface area (Å²) in [5.41, 5.74) is 2.41. The first-order chi connectivity index (χ1) is 15.7. The second kappa shape index (κ2) is 6.60. The standard InChI is InChI=1S/C31H47NO2/c1-26(2)11-12-28(5)13-14-31(8)24(20(28)17-26)21(33)15-23-29(6)16-19-18-32-34-25(19)27(3,4)22(29)9-10-30(23,31)7/h18,20,22-24H,9-17H2,1-8H3/t20?,22-,23+,24?,28+,29-,30+,31+/m0/s1. The predicted octanol–water partition coefficient (Wildman–Crippen LogP) is 7.77. The highest BCUT2D eigenvalue weighted by molar-refractivity contribution is 5.84. The molecule has 8 atom stereocenters. The number of fused-ring (bicyclic) bond motifs is 8. The lowest BCUT2D eigenvalue weighted by molar-refractivity contribution is -0.226. The fourth-order valence-electron chi connectivity index (χ4n) is 11.3. The molecule has 1 heterocycles. The van der Waals surface area contributed by atoms with Gasteiger partial charge in [0.2, 0.25) is 0 Å². The summed E-state index contributed by atoms with van der Waals surface area (Å²) in [7, 11) is 0. The molecule has 2 unspecified atom stereocenters. The molecule has 188 valence electrons. The molecule has 5 aliphatic rings. The molecular formula is C31H47NO2. The highest BCUT2D eigenvalue weighted by Gasteiger charge is 2.71. The third-order valence-corrected chi connectivity index (χ3v) is 13.4. The second-order valence-corrected chi connectivity index (χ2v) is 15.8. The Morgan fingerprint density at radius 2 is 1.59 bits per heavy atom. The first-order valence-corrected chi connectivity index (χ1v) is 14.1. The maximum Gasteiger partial charge on any atom is 0.145 e. The van der Waals surface area contributed by atoms with E-state index in [1.807, 2.05) is 6.20 Å². The minimum Gasteiger partial charge on any atom is -0.361 e. The van der Waals surface area contributed by atoms with Crippen LogP contribution in [0.3, 0.4) is 0 Å². The molecule has 3 nitrogen and oxygen atoms in total. The van der Waals surface area contributed by atoms with E-state index in [1.165, 1.54) is 50.5 Å². The molecule has 0 saturated heterocycles. The van der Waals surface area contributed by atoms with Gasteiger partial charge in [0.05, 0.1) is 6.20 Å². The third-order valence-electron chi connectivity index (χ3n) is 13.4. The molecule has 0 spiro atoms. The van der Waals surface area contributed by atoms with Gasteiger partial charge in [-0.25, -0.2) is 0 Å². The summed E-state index contributed by atoms with van der Waals surface area (Å²) < 4.78 is 5.83. The third kappa shape index (κ3) is 2.66. The summed E-state index contributed by atoms with van der Waals surface area (Å²) >= 11 is 0. The number of hydrogen-bond acceptors (Lipinski definition) is 3. The Balaban J connectivity index is 1.45. The number of nitrogens with zero attached hydrogens (tertiary/aromatic N) is 1. The molecule has 4 saturated carbocycles. The topological polar surface area (TPSA) is 43.1 Å². The Morgan fingerprint density at radius 3 is 2.32 bits per heavy atom. The lowest BCUT2D eigenvalue weighted by atomic mass is 9.31. The Morgan fingerprint density at radius 1 is 0.882 bits per heavy atom. The molecule has 1 aromatic heterocycles. The SMILES string of the molecule is CC1(C)CC[C@]2(C)CC[C@]3(C)C(C(=O)C[C@@H]4[C@@]5(C)Cc6cnoc6C(C)(C)[C@@H]5CC[C@]43C)C2C1. The van der Waals surface area contributed by atoms with Crippen molar-refractivity contribution in [3.8, 4) is 0 Å². The van der Waals surface area contributed by atoms with Crippen molar-refractivity contribution in [1.82, 2.24) is 5.16 Å². The first-order valence-electron chi connectivity index (χ1n) is 14.1. The van der Waals surface area contributed by atoms with Gasteiger partial charge in [-0.3, -0.25) is 4.79 Å². The molecule has 5 aliphatic carbocycles. The van der Waals surface area contributed by atoms with Crippen LogP contribution in [0.2, 0.25) is 0 Å². The molecule has 0 aliphatic heterocycles. The van der Waals surface area contributed by atoms with Crippen LogP contribution in [-0.2, 0) is 16.6 Å². The molecule has 3 heteroatoms. The molecule has 34 heavy (non-hydrogen) atoms. The first kappa shape index (κ1) is 23.3. The Kier molecular flexibility index (Phi) is 4.52. The molecule has 0 bridgehead atoms. The van der Waals surface area contributed by atoms with Crippen LogP contribution >= 0.6 is 0 Å². The zero-order valence-electron chi connectivity index (χ0n) is 23.0. The quantitative estimate of drug-likeness (QED) is 0.393. The number of carbonyl (C=O) groups is 1. The molecular weight excluding hydrogens is 418 g/mol. The smallest absolute Gasteiger partial charge is 0.145 e. The lowest BCUT2D eigenvalue weighted by Crippen LogP contribution is -2.68. The van der Waals surface area contributed by atoms with Crippen LogP contribution in [0.5, 0.6) is 0 Å². The number of aromatic nitrogens is 1. The largest absolute Gasteiger partial charge is 0.361 e. The summed E-state index contributed by atoms with van der Waals surface area (Å²) in [6, 6.07) is 0. The molecule has 0 radical (unpaired) electrons. The van der Waals surface area contributed by atoms with E-state index in [0.29, 0.717) is 34.4 Å². The summed E-state index contributed by atoms with van der Waals surface area (Å²) in [6.45, 7) is 19.9. The molecule has 6 rings (SSSR count). The van der Waals surface area contributed by atoms with Gasteiger partial charge in [0.25, 0.3) is 0 Å². The summed E-state index contributed by atoms with van der Waals surface area (Å²) in [5, 5.41) is 4.23. The van der Waals surface area contributed by atoms with Gasteiger partial charge in [-0.2, -0.15) is 0 Å². The van der Waals surface area contributed by atoms with Gasteiger partial charge in [-0.1, -0.05) is 60.5 Å². The van der Waals surface area contributed by atoms with Crippen molar-refractivity contribution in [3.05, 3.63) is 17.5 Å². The Labute approximate surface area is 207 Å². The van der Waals surface area contributed by atoms with E-state index in [9.17, 15) is 4.79 Å². The number of hydrogen-bond donors (Lipinski definition) is 0. The van der Waals surface area contributed by atoms with E-state index < -0.39 is 0 Å². The van der Waals surface area contributed by atoms with Crippen molar-refractivity contribution < 1.29 is 9.32 Å². The average molecular weight is 466 g/mol. The van der Waals surface area contributed by atoms with Crippen LogP contribution in [0.1, 0.15) is 118 Å². The second-order valence-electron chi connectivity index (χ2n) is 15.8. The zero-order valence-corrected chi connectivity index (χ0v) is 23.0. The van der Waals surface area contributed by atoms with E-state index >= 15 is 0 Å². The fraction of sp³-hybridized carbons (Fsp3) is 0.871. The molecule has 0 aromatic carbocycles. The normalized spacial score (nSPS) is 50.9. The number of carbonyl (C=O) groups excluding carboxylic acids is 1. The van der Waals surface area contributed by atoms with Crippen LogP contribution in [-0.4, -0.2) is 10.9 Å². The van der Waals surface area contributed by atoms with Crippen molar-refractivity contribution >= 4 is 5.78 Å². The van der Waals surface area contributed by atoms with Gasteiger partial charge in [0.15, 0.2) is 0 Å². The highest BCUT2D eigenvalue weighted by Crippen LogP contribution is 2.75. The summed E-state index contributed by atoms with van der Waals surface area (Å²) in [5.74, 6) is 3.48. The van der Waals surface area contributed by atoms with Gasteiger partial charge < -0.3 is 4.52 Å². The van der Waals surface area contributed by atoms with Crippen molar-refractivity contribution in [2.75, 3.05) is 0 Å². The minimum atomic E-state index is -0.0283. The number of ketones is 1. The van der Waals surface area contributed by atoms with E-state index in [4.69, 9.17) is 4.52 Å². The molecule has 0 amide bonds. The maximum atomic E-state index is 14.4. The van der Waals surface area contributed by atoms with Gasteiger partial charge in [-0.05, 0) is 96.2 Å². The van der Waals surface area contributed by atoms with Crippen LogP contribution < -0.4 is 0 Å². The summed E-state index contributed by atoms with van der Waals surface area (Å²) in [4.78, 5) is 14.4. The zero-order chi connectivity index (χ0) is 24.5.